The molecule has 1 heterocycles. The average molecular weight is 328 g/mol. The summed E-state index contributed by atoms with van der Waals surface area (Å²) in [4.78, 5) is 12.9. The number of fused-ring (bicyclic) bond motifs is 1. The summed E-state index contributed by atoms with van der Waals surface area (Å²) in [6, 6.07) is 12.8. The van der Waals surface area contributed by atoms with Gasteiger partial charge in [0.25, 0.3) is 5.69 Å². The Bertz CT molecular complexity index is 748. The van der Waals surface area contributed by atoms with Gasteiger partial charge < -0.3 is 9.47 Å². The fourth-order valence-corrected chi connectivity index (χ4v) is 2.91. The second-order valence-corrected chi connectivity index (χ2v) is 5.78. The van der Waals surface area contributed by atoms with E-state index in [1.807, 2.05) is 24.3 Å². The first-order valence-electron chi connectivity index (χ1n) is 7.95. The van der Waals surface area contributed by atoms with E-state index >= 15 is 0 Å². The van der Waals surface area contributed by atoms with Crippen LogP contribution >= 0.6 is 0 Å². The Morgan fingerprint density at radius 3 is 2.75 bits per heavy atom. The van der Waals surface area contributed by atoms with Crippen molar-refractivity contribution in [2.75, 3.05) is 13.3 Å². The molecule has 126 valence electrons. The summed E-state index contributed by atoms with van der Waals surface area (Å²) in [6.07, 6.45) is 0. The predicted octanol–water partition coefficient (Wildman–Crippen LogP) is 3.91. The van der Waals surface area contributed by atoms with Crippen LogP contribution in [0, 0.1) is 10.1 Å². The van der Waals surface area contributed by atoms with E-state index < -0.39 is 0 Å². The second kappa shape index (κ2) is 6.88. The Kier molecular flexibility index (Phi) is 4.66. The minimum Gasteiger partial charge on any atom is -0.454 e. The van der Waals surface area contributed by atoms with Crippen LogP contribution in [0.2, 0.25) is 0 Å². The van der Waals surface area contributed by atoms with Crippen molar-refractivity contribution in [3.8, 4) is 11.5 Å². The Hall–Kier alpha value is -2.60. The zero-order valence-corrected chi connectivity index (χ0v) is 13.8. The lowest BCUT2D eigenvalue weighted by Gasteiger charge is -2.28. The molecule has 0 saturated carbocycles. The molecule has 0 spiro atoms. The van der Waals surface area contributed by atoms with Gasteiger partial charge in [-0.15, -0.1) is 0 Å². The first-order valence-corrected chi connectivity index (χ1v) is 7.95. The molecule has 0 N–H and O–H groups in total. The third-order valence-corrected chi connectivity index (χ3v) is 4.34. The highest BCUT2D eigenvalue weighted by Gasteiger charge is 2.19. The fraction of sp³-hybridized carbons (Fsp3) is 0.333. The van der Waals surface area contributed by atoms with E-state index in [2.05, 4.69) is 18.7 Å². The van der Waals surface area contributed by atoms with Crippen molar-refractivity contribution in [3.05, 3.63) is 63.7 Å². The topological polar surface area (TPSA) is 64.8 Å². The van der Waals surface area contributed by atoms with Gasteiger partial charge in [-0.1, -0.05) is 25.1 Å². The number of non-ortho nitro benzene ring substituents is 1. The zero-order chi connectivity index (χ0) is 17.1. The third kappa shape index (κ3) is 3.33. The summed E-state index contributed by atoms with van der Waals surface area (Å²) in [5.41, 5.74) is 2.18. The van der Waals surface area contributed by atoms with Crippen molar-refractivity contribution in [3.63, 3.8) is 0 Å². The van der Waals surface area contributed by atoms with E-state index in [1.165, 1.54) is 6.07 Å². The Labute approximate surface area is 140 Å². The number of benzene rings is 2. The number of nitro benzene ring substituents is 1. The standard InChI is InChI=1S/C18H20N2O4/c1-3-19(11-14-7-8-17-18(9-14)24-12-23-17)13(2)15-5-4-6-16(10-15)20(21)22/h4-10,13H,3,11-12H2,1-2H3. The Morgan fingerprint density at radius 1 is 1.21 bits per heavy atom. The molecule has 6 heteroatoms. The maximum Gasteiger partial charge on any atom is 0.269 e. The lowest BCUT2D eigenvalue weighted by Crippen LogP contribution is -2.26. The average Bonchev–Trinajstić information content (AvgIpc) is 3.07. The quantitative estimate of drug-likeness (QED) is 0.594. The second-order valence-electron chi connectivity index (χ2n) is 5.78. The van der Waals surface area contributed by atoms with Gasteiger partial charge >= 0.3 is 0 Å². The summed E-state index contributed by atoms with van der Waals surface area (Å²) in [6.45, 7) is 5.98. The highest BCUT2D eigenvalue weighted by atomic mass is 16.7. The van der Waals surface area contributed by atoms with Gasteiger partial charge in [0, 0.05) is 24.7 Å². The minimum atomic E-state index is -0.357. The van der Waals surface area contributed by atoms with Crippen LogP contribution in [0.4, 0.5) is 5.69 Å². The maximum atomic E-state index is 11.0. The van der Waals surface area contributed by atoms with Gasteiger partial charge in [0.2, 0.25) is 6.79 Å². The van der Waals surface area contributed by atoms with E-state index in [0.29, 0.717) is 0 Å². The van der Waals surface area contributed by atoms with Crippen LogP contribution in [0.1, 0.15) is 31.0 Å². The molecule has 0 aliphatic carbocycles. The smallest absolute Gasteiger partial charge is 0.269 e. The Balaban J connectivity index is 1.78. The molecule has 0 amide bonds. The zero-order valence-electron chi connectivity index (χ0n) is 13.8. The summed E-state index contributed by atoms with van der Waals surface area (Å²) in [5, 5.41) is 11.0. The maximum absolute atomic E-state index is 11.0. The van der Waals surface area contributed by atoms with Crippen LogP contribution < -0.4 is 9.47 Å². The third-order valence-electron chi connectivity index (χ3n) is 4.34. The van der Waals surface area contributed by atoms with Crippen LogP contribution in [-0.2, 0) is 6.54 Å². The summed E-state index contributed by atoms with van der Waals surface area (Å²) >= 11 is 0. The van der Waals surface area contributed by atoms with Crippen LogP contribution in [0.3, 0.4) is 0 Å². The molecule has 0 aromatic heterocycles. The molecule has 0 fully saturated rings. The van der Waals surface area contributed by atoms with Crippen LogP contribution in [0.5, 0.6) is 11.5 Å². The van der Waals surface area contributed by atoms with E-state index in [4.69, 9.17) is 9.47 Å². The van der Waals surface area contributed by atoms with Gasteiger partial charge in [0.05, 0.1) is 4.92 Å². The van der Waals surface area contributed by atoms with Crippen LogP contribution in [0.25, 0.3) is 0 Å². The lowest BCUT2D eigenvalue weighted by molar-refractivity contribution is -0.385. The first kappa shape index (κ1) is 16.3. The predicted molar refractivity (Wildman–Crippen MR) is 90.2 cm³/mol. The fourth-order valence-electron chi connectivity index (χ4n) is 2.91. The van der Waals surface area contributed by atoms with Crippen molar-refractivity contribution in [1.29, 1.82) is 0 Å². The molecule has 1 aliphatic heterocycles. The van der Waals surface area contributed by atoms with Crippen molar-refractivity contribution >= 4 is 5.69 Å². The number of rotatable bonds is 6. The van der Waals surface area contributed by atoms with E-state index in [-0.39, 0.29) is 23.4 Å². The number of ether oxygens (including phenoxy) is 2. The van der Waals surface area contributed by atoms with Crippen LogP contribution in [0.15, 0.2) is 42.5 Å². The van der Waals surface area contributed by atoms with Crippen LogP contribution in [-0.4, -0.2) is 23.2 Å². The van der Waals surface area contributed by atoms with Crippen molar-refractivity contribution in [2.45, 2.75) is 26.4 Å². The van der Waals surface area contributed by atoms with Crippen molar-refractivity contribution in [1.82, 2.24) is 4.90 Å². The molecule has 0 bridgehead atoms. The Morgan fingerprint density at radius 2 is 2.00 bits per heavy atom. The monoisotopic (exact) mass is 328 g/mol. The number of nitro groups is 1. The number of nitrogens with zero attached hydrogens (tertiary/aromatic N) is 2. The molecule has 0 saturated heterocycles. The van der Waals surface area contributed by atoms with Gasteiger partial charge in [-0.2, -0.15) is 0 Å². The SMILES string of the molecule is CCN(Cc1ccc2c(c1)OCO2)C(C)c1cccc([N+](=O)[O-])c1. The number of hydrogen-bond acceptors (Lipinski definition) is 5. The molecule has 2 aromatic carbocycles. The van der Waals surface area contributed by atoms with Gasteiger partial charge in [0.15, 0.2) is 11.5 Å². The molecule has 24 heavy (non-hydrogen) atoms. The van der Waals surface area contributed by atoms with E-state index in [0.717, 1.165) is 35.7 Å². The molecular weight excluding hydrogens is 308 g/mol. The highest BCUT2D eigenvalue weighted by Crippen LogP contribution is 2.33. The molecule has 2 aromatic rings. The van der Waals surface area contributed by atoms with Gasteiger partial charge in [-0.05, 0) is 36.7 Å². The largest absolute Gasteiger partial charge is 0.454 e. The van der Waals surface area contributed by atoms with Gasteiger partial charge in [-0.3, -0.25) is 15.0 Å². The molecule has 1 atom stereocenters. The molecule has 3 rings (SSSR count). The normalized spacial score (nSPS) is 14.0. The first-order chi connectivity index (χ1) is 11.6. The molecule has 1 unspecified atom stereocenters. The van der Waals surface area contributed by atoms with Gasteiger partial charge in [0.1, 0.15) is 0 Å². The molecule has 0 radical (unpaired) electrons. The summed E-state index contributed by atoms with van der Waals surface area (Å²) in [7, 11) is 0. The van der Waals surface area contributed by atoms with Crippen molar-refractivity contribution in [2.24, 2.45) is 0 Å². The lowest BCUT2D eigenvalue weighted by atomic mass is 10.0. The highest BCUT2D eigenvalue weighted by molar-refractivity contribution is 5.44. The molecule has 6 nitrogen and oxygen atoms in total. The van der Waals surface area contributed by atoms with E-state index in [9.17, 15) is 10.1 Å². The number of hydrogen-bond donors (Lipinski definition) is 0. The summed E-state index contributed by atoms with van der Waals surface area (Å²) in [5.74, 6) is 1.54. The van der Waals surface area contributed by atoms with E-state index in [1.54, 1.807) is 12.1 Å². The summed E-state index contributed by atoms with van der Waals surface area (Å²) < 4.78 is 10.8. The van der Waals surface area contributed by atoms with Gasteiger partial charge in [-0.25, -0.2) is 0 Å². The minimum absolute atomic E-state index is 0.0697. The molecular formula is C18H20N2O4. The molecule has 1 aliphatic rings. The van der Waals surface area contributed by atoms with Crippen molar-refractivity contribution < 1.29 is 14.4 Å².